The van der Waals surface area contributed by atoms with E-state index in [9.17, 15) is 9.59 Å². The Balaban J connectivity index is 2.02. The summed E-state index contributed by atoms with van der Waals surface area (Å²) in [5.74, 6) is -0.134. The Hall–Kier alpha value is -2.59. The number of carbonyl (C=O) groups excluding carboxylic acids is 2. The quantitative estimate of drug-likeness (QED) is 0.770. The molecule has 0 N–H and O–H groups in total. The van der Waals surface area contributed by atoms with Gasteiger partial charge in [-0.15, -0.1) is 0 Å². The summed E-state index contributed by atoms with van der Waals surface area (Å²) in [6.07, 6.45) is 1.32. The Morgan fingerprint density at radius 2 is 1.85 bits per heavy atom. The number of amides is 2. The van der Waals surface area contributed by atoms with Gasteiger partial charge in [0, 0.05) is 31.6 Å². The molecule has 0 saturated carbocycles. The van der Waals surface area contributed by atoms with Crippen LogP contribution in [0.1, 0.15) is 18.5 Å². The number of carbonyl (C=O) groups is 2. The summed E-state index contributed by atoms with van der Waals surface area (Å²) in [7, 11) is 0. The van der Waals surface area contributed by atoms with Gasteiger partial charge in [-0.25, -0.2) is 0 Å². The SMILES string of the molecule is C=CC(=O)N1CCN(C(C)=O)C[C@H]1c1cc(Cl)cc(-c2ccccc2)c1. The van der Waals surface area contributed by atoms with Gasteiger partial charge in [0.15, 0.2) is 0 Å². The molecule has 0 spiro atoms. The number of hydrogen-bond acceptors (Lipinski definition) is 2. The number of halogens is 1. The van der Waals surface area contributed by atoms with E-state index in [1.807, 2.05) is 48.5 Å². The highest BCUT2D eigenvalue weighted by Gasteiger charge is 2.31. The monoisotopic (exact) mass is 368 g/mol. The molecule has 134 valence electrons. The van der Waals surface area contributed by atoms with Gasteiger partial charge in [0.1, 0.15) is 0 Å². The van der Waals surface area contributed by atoms with Crippen molar-refractivity contribution >= 4 is 23.4 Å². The van der Waals surface area contributed by atoms with Gasteiger partial charge in [-0.1, -0.05) is 48.5 Å². The summed E-state index contributed by atoms with van der Waals surface area (Å²) in [5, 5.41) is 0.604. The van der Waals surface area contributed by atoms with Crippen molar-refractivity contribution in [1.29, 1.82) is 0 Å². The molecule has 3 rings (SSSR count). The third-order valence-corrected chi connectivity index (χ3v) is 4.91. The number of hydrogen-bond donors (Lipinski definition) is 0. The molecule has 2 aromatic rings. The molecule has 2 amide bonds. The summed E-state index contributed by atoms with van der Waals surface area (Å²) >= 11 is 6.38. The van der Waals surface area contributed by atoms with E-state index in [-0.39, 0.29) is 17.9 Å². The van der Waals surface area contributed by atoms with Crippen LogP contribution in [0, 0.1) is 0 Å². The van der Waals surface area contributed by atoms with Gasteiger partial charge >= 0.3 is 0 Å². The van der Waals surface area contributed by atoms with Gasteiger partial charge in [-0.3, -0.25) is 9.59 Å². The van der Waals surface area contributed by atoms with Crippen molar-refractivity contribution in [2.75, 3.05) is 19.6 Å². The maximum Gasteiger partial charge on any atom is 0.246 e. The predicted octanol–water partition coefficient (Wildman–Crippen LogP) is 3.92. The number of piperazine rings is 1. The average Bonchev–Trinajstić information content (AvgIpc) is 2.67. The molecule has 0 unspecified atom stereocenters. The predicted molar refractivity (Wildman–Crippen MR) is 104 cm³/mol. The van der Waals surface area contributed by atoms with E-state index in [0.29, 0.717) is 24.7 Å². The lowest BCUT2D eigenvalue weighted by Gasteiger charge is -2.41. The fourth-order valence-corrected chi connectivity index (χ4v) is 3.58. The van der Waals surface area contributed by atoms with E-state index < -0.39 is 0 Å². The first-order valence-electron chi connectivity index (χ1n) is 8.54. The van der Waals surface area contributed by atoms with Crippen molar-refractivity contribution in [2.45, 2.75) is 13.0 Å². The minimum absolute atomic E-state index is 0.00557. The number of rotatable bonds is 3. The average molecular weight is 369 g/mol. The minimum Gasteiger partial charge on any atom is -0.339 e. The van der Waals surface area contributed by atoms with Crippen molar-refractivity contribution < 1.29 is 9.59 Å². The lowest BCUT2D eigenvalue weighted by molar-refractivity contribution is -0.139. The number of benzene rings is 2. The lowest BCUT2D eigenvalue weighted by atomic mass is 9.97. The van der Waals surface area contributed by atoms with E-state index in [1.54, 1.807) is 16.7 Å². The molecule has 0 radical (unpaired) electrons. The smallest absolute Gasteiger partial charge is 0.246 e. The molecule has 5 heteroatoms. The van der Waals surface area contributed by atoms with Crippen LogP contribution in [0.15, 0.2) is 61.2 Å². The van der Waals surface area contributed by atoms with E-state index in [4.69, 9.17) is 11.6 Å². The van der Waals surface area contributed by atoms with Crippen LogP contribution in [0.3, 0.4) is 0 Å². The highest BCUT2D eigenvalue weighted by atomic mass is 35.5. The molecule has 4 nitrogen and oxygen atoms in total. The van der Waals surface area contributed by atoms with Crippen molar-refractivity contribution in [3.8, 4) is 11.1 Å². The van der Waals surface area contributed by atoms with E-state index in [1.165, 1.54) is 6.08 Å². The lowest BCUT2D eigenvalue weighted by Crippen LogP contribution is -2.51. The fourth-order valence-electron chi connectivity index (χ4n) is 3.34. The zero-order valence-corrected chi connectivity index (χ0v) is 15.4. The van der Waals surface area contributed by atoms with Crippen molar-refractivity contribution in [3.63, 3.8) is 0 Å². The first-order valence-corrected chi connectivity index (χ1v) is 8.92. The highest BCUT2D eigenvalue weighted by molar-refractivity contribution is 6.31. The van der Waals surface area contributed by atoms with Gasteiger partial charge in [-0.05, 0) is 41.0 Å². The Morgan fingerprint density at radius 3 is 2.50 bits per heavy atom. The highest BCUT2D eigenvalue weighted by Crippen LogP contribution is 2.32. The van der Waals surface area contributed by atoms with Crippen LogP contribution in [0.5, 0.6) is 0 Å². The molecule has 1 fully saturated rings. The van der Waals surface area contributed by atoms with Gasteiger partial charge in [-0.2, -0.15) is 0 Å². The molecular weight excluding hydrogens is 348 g/mol. The maximum absolute atomic E-state index is 12.3. The third-order valence-electron chi connectivity index (χ3n) is 4.70. The van der Waals surface area contributed by atoms with Crippen LogP contribution >= 0.6 is 11.6 Å². The third kappa shape index (κ3) is 3.81. The van der Waals surface area contributed by atoms with Crippen LogP contribution in [0.25, 0.3) is 11.1 Å². The van der Waals surface area contributed by atoms with Gasteiger partial charge < -0.3 is 9.80 Å². The first-order chi connectivity index (χ1) is 12.5. The Kier molecular flexibility index (Phi) is 5.43. The molecule has 2 aromatic carbocycles. The number of nitrogens with zero attached hydrogens (tertiary/aromatic N) is 2. The summed E-state index contributed by atoms with van der Waals surface area (Å²) in [5.41, 5.74) is 2.95. The van der Waals surface area contributed by atoms with Crippen LogP contribution in [-0.4, -0.2) is 41.2 Å². The van der Waals surface area contributed by atoms with E-state index in [2.05, 4.69) is 6.58 Å². The molecule has 26 heavy (non-hydrogen) atoms. The van der Waals surface area contributed by atoms with E-state index >= 15 is 0 Å². The second-order valence-corrected chi connectivity index (χ2v) is 6.79. The zero-order valence-electron chi connectivity index (χ0n) is 14.7. The minimum atomic E-state index is -0.251. The van der Waals surface area contributed by atoms with Crippen LogP contribution in [0.2, 0.25) is 5.02 Å². The molecule has 1 aliphatic heterocycles. The standard InChI is InChI=1S/C21H21ClN2O2/c1-3-21(26)24-10-9-23(15(2)25)14-20(24)18-11-17(12-19(22)13-18)16-7-5-4-6-8-16/h3-8,11-13,20H,1,9-10,14H2,2H3/t20-/m0/s1. The van der Waals surface area contributed by atoms with E-state index in [0.717, 1.165) is 16.7 Å². The molecule has 0 aromatic heterocycles. The van der Waals surface area contributed by atoms with Crippen molar-refractivity contribution in [2.24, 2.45) is 0 Å². The Bertz CT molecular complexity index is 835. The second-order valence-electron chi connectivity index (χ2n) is 6.36. The Labute approximate surface area is 158 Å². The summed E-state index contributed by atoms with van der Waals surface area (Å²) in [6, 6.07) is 15.5. The summed E-state index contributed by atoms with van der Waals surface area (Å²) in [4.78, 5) is 27.7. The molecule has 1 aliphatic rings. The molecular formula is C21H21ClN2O2. The van der Waals surface area contributed by atoms with Crippen molar-refractivity contribution in [3.05, 3.63) is 71.8 Å². The molecule has 0 aliphatic carbocycles. The second kappa shape index (κ2) is 7.75. The molecule has 0 bridgehead atoms. The topological polar surface area (TPSA) is 40.6 Å². The van der Waals surface area contributed by atoms with Crippen LogP contribution in [-0.2, 0) is 9.59 Å². The largest absolute Gasteiger partial charge is 0.339 e. The maximum atomic E-state index is 12.3. The van der Waals surface area contributed by atoms with Crippen LogP contribution < -0.4 is 0 Å². The molecule has 1 heterocycles. The normalized spacial score (nSPS) is 17.1. The molecule has 1 atom stereocenters. The summed E-state index contributed by atoms with van der Waals surface area (Å²) < 4.78 is 0. The van der Waals surface area contributed by atoms with Gasteiger partial charge in [0.2, 0.25) is 11.8 Å². The van der Waals surface area contributed by atoms with Crippen molar-refractivity contribution in [1.82, 2.24) is 9.80 Å². The fraction of sp³-hybridized carbons (Fsp3) is 0.238. The Morgan fingerprint density at radius 1 is 1.12 bits per heavy atom. The molecule has 1 saturated heterocycles. The van der Waals surface area contributed by atoms with Gasteiger partial charge in [0.25, 0.3) is 0 Å². The first kappa shape index (κ1) is 18.2. The van der Waals surface area contributed by atoms with Crippen LogP contribution in [0.4, 0.5) is 0 Å². The zero-order chi connectivity index (χ0) is 18.7. The summed E-state index contributed by atoms with van der Waals surface area (Å²) in [6.45, 7) is 6.60. The van der Waals surface area contributed by atoms with Gasteiger partial charge in [0.05, 0.1) is 6.04 Å².